The lowest BCUT2D eigenvalue weighted by Crippen LogP contribution is -2.17. The molecule has 0 aliphatic heterocycles. The molecule has 3 aromatic rings. The van der Waals surface area contributed by atoms with Crippen LogP contribution in [-0.4, -0.2) is 23.9 Å². The number of ether oxygens (including phenoxy) is 2. The van der Waals surface area contributed by atoms with Crippen molar-refractivity contribution in [3.63, 3.8) is 0 Å². The number of rotatable bonds is 4. The number of aromatic amines is 1. The summed E-state index contributed by atoms with van der Waals surface area (Å²) < 4.78 is 46.6. The maximum atomic E-state index is 12.6. The quantitative estimate of drug-likeness (QED) is 0.558. The van der Waals surface area contributed by atoms with E-state index in [1.54, 1.807) is 26.0 Å². The summed E-state index contributed by atoms with van der Waals surface area (Å²) in [6.07, 6.45) is -4.88. The summed E-state index contributed by atoms with van der Waals surface area (Å²) in [5, 5.41) is 1.01. The van der Waals surface area contributed by atoms with Gasteiger partial charge in [0.15, 0.2) is 0 Å². The lowest BCUT2D eigenvalue weighted by Gasteiger charge is -2.15. The van der Waals surface area contributed by atoms with Crippen LogP contribution in [-0.2, 0) is 4.74 Å². The third-order valence-electron chi connectivity index (χ3n) is 4.20. The van der Waals surface area contributed by atoms with Gasteiger partial charge in [0.1, 0.15) is 11.6 Å². The molecule has 1 aromatic heterocycles. The maximum Gasteiger partial charge on any atom is 0.573 e. The Labute approximate surface area is 163 Å². The monoisotopic (exact) mass is 412 g/mol. The van der Waals surface area contributed by atoms with Crippen molar-refractivity contribution in [1.29, 1.82) is 0 Å². The fraction of sp³-hybridized carbons (Fsp3) is 0.211. The minimum absolute atomic E-state index is 0.0503. The van der Waals surface area contributed by atoms with Crippen molar-refractivity contribution >= 4 is 34.3 Å². The Bertz CT molecular complexity index is 1060. The molecule has 0 aliphatic rings. The van der Waals surface area contributed by atoms with E-state index in [1.165, 1.54) is 6.07 Å². The Kier molecular flexibility index (Phi) is 5.16. The molecular formula is C19H16ClF3N2O3. The van der Waals surface area contributed by atoms with Gasteiger partial charge in [-0.1, -0.05) is 17.7 Å². The van der Waals surface area contributed by atoms with Crippen LogP contribution in [0.1, 0.15) is 22.8 Å². The highest BCUT2D eigenvalue weighted by molar-refractivity contribution is 6.38. The molecular weight excluding hydrogens is 397 g/mol. The summed E-state index contributed by atoms with van der Waals surface area (Å²) in [5.74, 6) is -0.970. The number of esters is 1. The molecule has 0 aliphatic carbocycles. The van der Waals surface area contributed by atoms with Crippen molar-refractivity contribution in [2.45, 2.75) is 20.2 Å². The van der Waals surface area contributed by atoms with E-state index in [-0.39, 0.29) is 12.2 Å². The lowest BCUT2D eigenvalue weighted by atomic mass is 9.94. The molecule has 0 radical (unpaired) electrons. The van der Waals surface area contributed by atoms with Gasteiger partial charge in [-0.25, -0.2) is 4.79 Å². The highest BCUT2D eigenvalue weighted by Gasteiger charge is 2.32. The summed E-state index contributed by atoms with van der Waals surface area (Å²) in [4.78, 5) is 15.3. The number of aryl methyl sites for hydroxylation is 1. The van der Waals surface area contributed by atoms with Gasteiger partial charge in [-0.3, -0.25) is 0 Å². The molecule has 28 heavy (non-hydrogen) atoms. The van der Waals surface area contributed by atoms with E-state index in [9.17, 15) is 18.0 Å². The summed E-state index contributed by atoms with van der Waals surface area (Å²) in [6, 6.07) is 6.99. The first-order valence-electron chi connectivity index (χ1n) is 8.26. The molecule has 3 rings (SSSR count). The van der Waals surface area contributed by atoms with Crippen LogP contribution in [0.2, 0.25) is 5.02 Å². The lowest BCUT2D eigenvalue weighted by molar-refractivity contribution is -0.274. The average Bonchev–Trinajstić information content (AvgIpc) is 2.89. The zero-order valence-electron chi connectivity index (χ0n) is 14.9. The SMILES string of the molecule is CCOC(=O)c1cc(OC(F)(F)F)ccc1-c1ccc2[nH]c(N)c(Cl)c2c1C. The highest BCUT2D eigenvalue weighted by Crippen LogP contribution is 2.39. The third-order valence-corrected chi connectivity index (χ3v) is 4.59. The number of carbonyl (C=O) groups excluding carboxylic acids is 1. The number of anilines is 1. The van der Waals surface area contributed by atoms with Gasteiger partial charge >= 0.3 is 12.3 Å². The van der Waals surface area contributed by atoms with Gasteiger partial charge < -0.3 is 20.2 Å². The van der Waals surface area contributed by atoms with Crippen LogP contribution in [0.25, 0.3) is 22.0 Å². The number of nitrogens with two attached hydrogens (primary N) is 1. The van der Waals surface area contributed by atoms with Crippen LogP contribution >= 0.6 is 11.6 Å². The minimum atomic E-state index is -4.88. The predicted octanol–water partition coefficient (Wildman–Crippen LogP) is 5.45. The number of carbonyl (C=O) groups is 1. The van der Waals surface area contributed by atoms with Crippen molar-refractivity contribution in [3.05, 3.63) is 46.5 Å². The number of benzene rings is 2. The first kappa shape index (κ1) is 19.9. The minimum Gasteiger partial charge on any atom is -0.462 e. The number of hydrogen-bond acceptors (Lipinski definition) is 4. The van der Waals surface area contributed by atoms with Crippen molar-refractivity contribution in [2.24, 2.45) is 0 Å². The molecule has 3 N–H and O–H groups in total. The molecule has 2 aromatic carbocycles. The first-order chi connectivity index (χ1) is 13.1. The van der Waals surface area contributed by atoms with Crippen LogP contribution in [0, 0.1) is 6.92 Å². The van der Waals surface area contributed by atoms with Crippen LogP contribution in [0.3, 0.4) is 0 Å². The van der Waals surface area contributed by atoms with Crippen LogP contribution in [0.5, 0.6) is 5.75 Å². The molecule has 5 nitrogen and oxygen atoms in total. The van der Waals surface area contributed by atoms with Gasteiger partial charge in [-0.15, -0.1) is 13.2 Å². The average molecular weight is 413 g/mol. The number of alkyl halides is 3. The largest absolute Gasteiger partial charge is 0.573 e. The van der Waals surface area contributed by atoms with E-state index in [4.69, 9.17) is 22.1 Å². The Morgan fingerprint density at radius 2 is 1.89 bits per heavy atom. The Morgan fingerprint density at radius 1 is 1.21 bits per heavy atom. The first-order valence-corrected chi connectivity index (χ1v) is 8.63. The van der Waals surface area contributed by atoms with E-state index in [0.29, 0.717) is 38.4 Å². The molecule has 0 bridgehead atoms. The van der Waals surface area contributed by atoms with Gasteiger partial charge in [-0.05, 0) is 54.8 Å². The Hall–Kier alpha value is -2.87. The smallest absolute Gasteiger partial charge is 0.462 e. The van der Waals surface area contributed by atoms with Crippen LogP contribution in [0.15, 0.2) is 30.3 Å². The van der Waals surface area contributed by atoms with Gasteiger partial charge in [0.2, 0.25) is 0 Å². The Balaban J connectivity index is 2.20. The van der Waals surface area contributed by atoms with Gasteiger partial charge in [0, 0.05) is 10.9 Å². The van der Waals surface area contributed by atoms with E-state index in [0.717, 1.165) is 12.1 Å². The van der Waals surface area contributed by atoms with Gasteiger partial charge in [0.05, 0.1) is 17.2 Å². The second kappa shape index (κ2) is 7.27. The fourth-order valence-electron chi connectivity index (χ4n) is 3.06. The molecule has 0 spiro atoms. The van der Waals surface area contributed by atoms with Crippen molar-refractivity contribution in [3.8, 4) is 16.9 Å². The number of halogens is 4. The summed E-state index contributed by atoms with van der Waals surface area (Å²) in [5.41, 5.74) is 8.19. The van der Waals surface area contributed by atoms with E-state index >= 15 is 0 Å². The standard InChI is InChI=1S/C19H16ClF3N2O3/c1-3-27-18(26)13-8-10(28-19(21,22)23)4-5-12(13)11-6-7-14-15(9(11)2)16(20)17(24)25-14/h4-8,25H,3,24H2,1-2H3. The fourth-order valence-corrected chi connectivity index (χ4v) is 3.35. The molecule has 0 fully saturated rings. The summed E-state index contributed by atoms with van der Waals surface area (Å²) >= 11 is 6.26. The molecule has 1 heterocycles. The molecule has 9 heteroatoms. The highest BCUT2D eigenvalue weighted by atomic mass is 35.5. The van der Waals surface area contributed by atoms with Crippen LogP contribution in [0.4, 0.5) is 19.0 Å². The number of aromatic nitrogens is 1. The van der Waals surface area contributed by atoms with Crippen molar-refractivity contribution in [2.75, 3.05) is 12.3 Å². The number of hydrogen-bond donors (Lipinski definition) is 2. The van der Waals surface area contributed by atoms with E-state index < -0.39 is 18.1 Å². The second-order valence-electron chi connectivity index (χ2n) is 5.99. The number of H-pyrrole nitrogens is 1. The third kappa shape index (κ3) is 3.73. The van der Waals surface area contributed by atoms with Gasteiger partial charge in [-0.2, -0.15) is 0 Å². The van der Waals surface area contributed by atoms with Crippen molar-refractivity contribution < 1.29 is 27.4 Å². The molecule has 148 valence electrons. The molecule has 0 saturated heterocycles. The summed E-state index contributed by atoms with van der Waals surface area (Å²) in [7, 11) is 0. The van der Waals surface area contributed by atoms with Gasteiger partial charge in [0.25, 0.3) is 0 Å². The number of nitrogen functional groups attached to an aromatic ring is 1. The maximum absolute atomic E-state index is 12.6. The number of fused-ring (bicyclic) bond motifs is 1. The normalized spacial score (nSPS) is 11.6. The second-order valence-corrected chi connectivity index (χ2v) is 6.37. The molecule has 0 atom stereocenters. The zero-order valence-corrected chi connectivity index (χ0v) is 15.7. The van der Waals surface area contributed by atoms with Crippen LogP contribution < -0.4 is 10.5 Å². The molecule has 0 saturated carbocycles. The predicted molar refractivity (Wildman–Crippen MR) is 101 cm³/mol. The molecule has 0 amide bonds. The van der Waals surface area contributed by atoms with E-state index in [1.807, 2.05) is 0 Å². The Morgan fingerprint density at radius 3 is 2.54 bits per heavy atom. The molecule has 0 unspecified atom stereocenters. The number of nitrogens with one attached hydrogen (secondary N) is 1. The van der Waals surface area contributed by atoms with E-state index in [2.05, 4.69) is 9.72 Å². The zero-order chi connectivity index (χ0) is 20.6. The van der Waals surface area contributed by atoms with Crippen molar-refractivity contribution in [1.82, 2.24) is 4.98 Å². The topological polar surface area (TPSA) is 77.3 Å². The summed E-state index contributed by atoms with van der Waals surface area (Å²) in [6.45, 7) is 3.46.